The maximum Gasteiger partial charge on any atom is 0.258 e. The fourth-order valence-corrected chi connectivity index (χ4v) is 3.95. The molecule has 0 saturated carbocycles. The van der Waals surface area contributed by atoms with E-state index in [1.165, 1.54) is 6.07 Å². The van der Waals surface area contributed by atoms with Crippen LogP contribution in [0.1, 0.15) is 10.4 Å². The van der Waals surface area contributed by atoms with Gasteiger partial charge in [-0.3, -0.25) is 14.5 Å². The maximum absolute atomic E-state index is 12.2. The van der Waals surface area contributed by atoms with Crippen molar-refractivity contribution in [3.05, 3.63) is 44.6 Å². The van der Waals surface area contributed by atoms with Crippen LogP contribution in [0.5, 0.6) is 0 Å². The lowest BCUT2D eigenvalue weighted by Gasteiger charge is -2.25. The number of rotatable bonds is 5. The van der Waals surface area contributed by atoms with Gasteiger partial charge in [-0.25, -0.2) is 0 Å². The zero-order chi connectivity index (χ0) is 18.5. The summed E-state index contributed by atoms with van der Waals surface area (Å²) in [5.74, 6) is -0.411. The first-order valence-corrected chi connectivity index (χ1v) is 9.55. The summed E-state index contributed by atoms with van der Waals surface area (Å²) in [4.78, 5) is 26.3. The number of ether oxygens (including phenoxy) is 1. The van der Waals surface area contributed by atoms with Gasteiger partial charge < -0.3 is 15.4 Å². The number of amides is 2. The molecule has 0 bridgehead atoms. The van der Waals surface area contributed by atoms with Gasteiger partial charge in [0, 0.05) is 24.5 Å². The highest BCUT2D eigenvalue weighted by Gasteiger charge is 2.15. The molecule has 2 heterocycles. The van der Waals surface area contributed by atoms with E-state index >= 15 is 0 Å². The minimum absolute atomic E-state index is 0.0802. The number of hydrogen-bond acceptors (Lipinski definition) is 5. The van der Waals surface area contributed by atoms with Crippen molar-refractivity contribution in [3.8, 4) is 0 Å². The highest BCUT2D eigenvalue weighted by Crippen LogP contribution is 2.31. The zero-order valence-electron chi connectivity index (χ0n) is 13.8. The van der Waals surface area contributed by atoms with Crippen molar-refractivity contribution in [3.63, 3.8) is 0 Å². The normalized spacial score (nSPS) is 14.8. The first kappa shape index (κ1) is 19.1. The van der Waals surface area contributed by atoms with E-state index in [9.17, 15) is 9.59 Å². The molecule has 0 atom stereocenters. The summed E-state index contributed by atoms with van der Waals surface area (Å²) in [7, 11) is 0. The second-order valence-electron chi connectivity index (χ2n) is 5.71. The van der Waals surface area contributed by atoms with E-state index in [0.717, 1.165) is 24.4 Å². The molecule has 0 unspecified atom stereocenters. The molecule has 1 saturated heterocycles. The Bertz CT molecular complexity index is 789. The topological polar surface area (TPSA) is 70.7 Å². The molecule has 2 amide bonds. The van der Waals surface area contributed by atoms with Crippen LogP contribution in [0.4, 0.5) is 11.4 Å². The fourth-order valence-electron chi connectivity index (χ4n) is 2.49. The third-order valence-electron chi connectivity index (χ3n) is 3.80. The first-order chi connectivity index (χ1) is 12.5. The largest absolute Gasteiger partial charge is 0.379 e. The van der Waals surface area contributed by atoms with Crippen molar-refractivity contribution < 1.29 is 14.3 Å². The maximum atomic E-state index is 12.2. The number of hydrogen-bond donors (Lipinski definition) is 2. The number of benzene rings is 1. The van der Waals surface area contributed by atoms with Crippen molar-refractivity contribution in [2.75, 3.05) is 43.5 Å². The molecular formula is C17H17Cl2N3O3S. The Morgan fingerprint density at radius 3 is 2.27 bits per heavy atom. The summed E-state index contributed by atoms with van der Waals surface area (Å²) in [5, 5.41) is 5.59. The van der Waals surface area contributed by atoms with Gasteiger partial charge in [0.1, 0.15) is 4.34 Å². The van der Waals surface area contributed by atoms with Gasteiger partial charge in [-0.15, -0.1) is 11.3 Å². The monoisotopic (exact) mass is 413 g/mol. The molecule has 0 spiro atoms. The summed E-state index contributed by atoms with van der Waals surface area (Å²) < 4.78 is 6.07. The lowest BCUT2D eigenvalue weighted by atomic mass is 10.2. The summed E-state index contributed by atoms with van der Waals surface area (Å²) in [6.07, 6.45) is 0. The number of carbonyl (C=O) groups excluding carboxylic acids is 2. The molecule has 6 nitrogen and oxygen atoms in total. The lowest BCUT2D eigenvalue weighted by molar-refractivity contribution is -0.118. The van der Waals surface area contributed by atoms with E-state index < -0.39 is 0 Å². The second-order valence-corrected chi connectivity index (χ2v) is 7.99. The highest BCUT2D eigenvalue weighted by atomic mass is 35.5. The Labute approximate surface area is 165 Å². The molecule has 2 N–H and O–H groups in total. The van der Waals surface area contributed by atoms with Gasteiger partial charge in [-0.1, -0.05) is 23.2 Å². The molecule has 1 aliphatic heterocycles. The van der Waals surface area contributed by atoms with E-state index in [1.807, 2.05) is 4.90 Å². The molecule has 1 aliphatic rings. The zero-order valence-corrected chi connectivity index (χ0v) is 16.1. The number of nitrogens with zero attached hydrogens (tertiary/aromatic N) is 1. The molecule has 0 radical (unpaired) electrons. The van der Waals surface area contributed by atoms with Crippen LogP contribution in [0.25, 0.3) is 0 Å². The fraction of sp³-hybridized carbons (Fsp3) is 0.294. The number of carbonyl (C=O) groups is 2. The number of thiophene rings is 1. The van der Waals surface area contributed by atoms with Crippen LogP contribution in [-0.4, -0.2) is 49.6 Å². The highest BCUT2D eigenvalue weighted by molar-refractivity contribution is 7.20. The smallest absolute Gasteiger partial charge is 0.258 e. The van der Waals surface area contributed by atoms with Gasteiger partial charge >= 0.3 is 0 Å². The van der Waals surface area contributed by atoms with Gasteiger partial charge in [0.2, 0.25) is 5.91 Å². The standard InChI is InChI=1S/C17H17Cl2N3O3S/c18-14-9-13(16(19)26-14)17(24)21-12-3-1-11(2-4-12)20-15(23)10-22-5-7-25-8-6-22/h1-4,9H,5-8,10H2,(H,20,23)(H,21,24). The summed E-state index contributed by atoms with van der Waals surface area (Å²) >= 11 is 13.0. The van der Waals surface area contributed by atoms with E-state index in [2.05, 4.69) is 10.6 Å². The van der Waals surface area contributed by atoms with Crippen LogP contribution in [0, 0.1) is 0 Å². The Kier molecular flexibility index (Phi) is 6.50. The van der Waals surface area contributed by atoms with Crippen LogP contribution >= 0.6 is 34.5 Å². The minimum atomic E-state index is -0.331. The molecule has 26 heavy (non-hydrogen) atoms. The van der Waals surface area contributed by atoms with Crippen molar-refractivity contribution in [2.45, 2.75) is 0 Å². The predicted octanol–water partition coefficient (Wildman–Crippen LogP) is 3.58. The van der Waals surface area contributed by atoms with E-state index in [0.29, 0.717) is 45.4 Å². The van der Waals surface area contributed by atoms with Gasteiger partial charge in [-0.2, -0.15) is 0 Å². The summed E-state index contributed by atoms with van der Waals surface area (Å²) in [5.41, 5.74) is 1.60. The molecular weight excluding hydrogens is 397 g/mol. The van der Waals surface area contributed by atoms with Crippen LogP contribution < -0.4 is 10.6 Å². The predicted molar refractivity (Wildman–Crippen MR) is 105 cm³/mol. The number of nitrogens with one attached hydrogen (secondary N) is 2. The quantitative estimate of drug-likeness (QED) is 0.785. The van der Waals surface area contributed by atoms with Crippen molar-refractivity contribution in [1.82, 2.24) is 4.90 Å². The van der Waals surface area contributed by atoms with E-state index in [1.54, 1.807) is 24.3 Å². The van der Waals surface area contributed by atoms with Crippen molar-refractivity contribution in [1.29, 1.82) is 0 Å². The Balaban J connectivity index is 1.53. The van der Waals surface area contributed by atoms with Crippen molar-refractivity contribution in [2.24, 2.45) is 0 Å². The Morgan fingerprint density at radius 1 is 1.08 bits per heavy atom. The molecule has 0 aliphatic carbocycles. The third kappa shape index (κ3) is 5.18. The lowest BCUT2D eigenvalue weighted by Crippen LogP contribution is -2.41. The molecule has 9 heteroatoms. The molecule has 3 rings (SSSR count). The van der Waals surface area contributed by atoms with Gasteiger partial charge in [0.05, 0.1) is 29.7 Å². The third-order valence-corrected chi connectivity index (χ3v) is 5.29. The number of anilines is 2. The van der Waals surface area contributed by atoms with Crippen LogP contribution in [-0.2, 0) is 9.53 Å². The van der Waals surface area contributed by atoms with E-state index in [-0.39, 0.29) is 11.8 Å². The molecule has 2 aromatic rings. The summed E-state index contributed by atoms with van der Waals surface area (Å²) in [6.45, 7) is 3.16. The first-order valence-electron chi connectivity index (χ1n) is 7.97. The van der Waals surface area contributed by atoms with E-state index in [4.69, 9.17) is 27.9 Å². The second kappa shape index (κ2) is 8.83. The average molecular weight is 414 g/mol. The molecule has 1 fully saturated rings. The van der Waals surface area contributed by atoms with Gasteiger partial charge in [-0.05, 0) is 30.3 Å². The van der Waals surface area contributed by atoms with Gasteiger partial charge in [0.25, 0.3) is 5.91 Å². The molecule has 1 aromatic carbocycles. The van der Waals surface area contributed by atoms with Crippen LogP contribution in [0.15, 0.2) is 30.3 Å². The summed E-state index contributed by atoms with van der Waals surface area (Å²) in [6, 6.07) is 8.42. The van der Waals surface area contributed by atoms with Gasteiger partial charge in [0.15, 0.2) is 0 Å². The van der Waals surface area contributed by atoms with Crippen LogP contribution in [0.2, 0.25) is 8.67 Å². The molecule has 138 valence electrons. The number of halogens is 2. The Hall–Kier alpha value is -1.64. The Morgan fingerprint density at radius 2 is 1.69 bits per heavy atom. The molecule has 1 aromatic heterocycles. The van der Waals surface area contributed by atoms with Crippen LogP contribution in [0.3, 0.4) is 0 Å². The SMILES string of the molecule is O=C(CN1CCOCC1)Nc1ccc(NC(=O)c2cc(Cl)sc2Cl)cc1. The number of morpholine rings is 1. The minimum Gasteiger partial charge on any atom is -0.379 e. The average Bonchev–Trinajstić information content (AvgIpc) is 2.96. The van der Waals surface area contributed by atoms with Crippen molar-refractivity contribution >= 4 is 57.7 Å².